The molecule has 1 aliphatic carbocycles. The van der Waals surface area contributed by atoms with Crippen molar-refractivity contribution in [1.82, 2.24) is 0 Å². The van der Waals surface area contributed by atoms with Crippen LogP contribution in [-0.2, 0) is 5.41 Å². The lowest BCUT2D eigenvalue weighted by Crippen LogP contribution is -2.14. The molecule has 0 spiro atoms. The van der Waals surface area contributed by atoms with Crippen molar-refractivity contribution in [2.75, 3.05) is 0 Å². The van der Waals surface area contributed by atoms with Gasteiger partial charge < -0.3 is 0 Å². The molecule has 1 aliphatic rings. The van der Waals surface area contributed by atoms with Gasteiger partial charge >= 0.3 is 0 Å². The minimum Gasteiger partial charge on any atom is -0.294 e. The molecule has 3 aromatic rings. The molecule has 3 atom stereocenters. The summed E-state index contributed by atoms with van der Waals surface area (Å²) in [6, 6.07) is 26.8. The number of nitro benzene ring substituents is 1. The maximum Gasteiger partial charge on any atom is 0.269 e. The zero-order valence-electron chi connectivity index (χ0n) is 14.9. The number of benzene rings is 3. The van der Waals surface area contributed by atoms with E-state index < -0.39 is 16.3 Å². The average Bonchev–Trinajstić information content (AvgIpc) is 3.44. The number of nitrogens with zero attached hydrogens (tertiary/aromatic N) is 2. The van der Waals surface area contributed by atoms with Crippen LogP contribution in [0, 0.1) is 27.4 Å². The first-order valence-corrected chi connectivity index (χ1v) is 8.90. The summed E-state index contributed by atoms with van der Waals surface area (Å²) in [7, 11) is 0. The number of hydrogen-bond donors (Lipinski definition) is 0. The van der Waals surface area contributed by atoms with Crippen molar-refractivity contribution in [3.8, 4) is 6.07 Å². The Labute approximate surface area is 162 Å². The molecule has 0 aliphatic heterocycles. The van der Waals surface area contributed by atoms with Crippen molar-refractivity contribution in [1.29, 1.82) is 5.26 Å². The highest BCUT2D eigenvalue weighted by Crippen LogP contribution is 2.66. The fourth-order valence-corrected chi connectivity index (χ4v) is 4.07. The standard InChI is InChI=1S/C23H16N2O3/c24-15-23(18-11-13-19(14-12-18)25(27)28)20(16-7-3-1-4-8-16)21(23)22(26)17-9-5-2-6-10-17/h1-14,20-21H. The third kappa shape index (κ3) is 2.67. The van der Waals surface area contributed by atoms with Crippen LogP contribution >= 0.6 is 0 Å². The molecule has 136 valence electrons. The van der Waals surface area contributed by atoms with E-state index >= 15 is 0 Å². The number of carbonyl (C=O) groups excluding carboxylic acids is 1. The quantitative estimate of drug-likeness (QED) is 0.373. The summed E-state index contributed by atoms with van der Waals surface area (Å²) >= 11 is 0. The lowest BCUT2D eigenvalue weighted by molar-refractivity contribution is -0.384. The Balaban J connectivity index is 1.81. The second-order valence-corrected chi connectivity index (χ2v) is 6.88. The van der Waals surface area contributed by atoms with Crippen molar-refractivity contribution >= 4 is 11.5 Å². The van der Waals surface area contributed by atoms with Gasteiger partial charge in [0.1, 0.15) is 5.41 Å². The number of nitriles is 1. The molecular weight excluding hydrogens is 352 g/mol. The molecule has 3 unspecified atom stereocenters. The maximum absolute atomic E-state index is 13.3. The van der Waals surface area contributed by atoms with Gasteiger partial charge in [0.2, 0.25) is 0 Å². The summed E-state index contributed by atoms with van der Waals surface area (Å²) in [6.45, 7) is 0. The number of Topliss-reactive ketones (excluding diaryl/α,β-unsaturated/α-hetero) is 1. The van der Waals surface area contributed by atoms with Crippen molar-refractivity contribution in [3.05, 3.63) is 112 Å². The SMILES string of the molecule is N#CC1(c2ccc([N+](=O)[O-])cc2)C(C(=O)c2ccccc2)C1c1ccccc1. The first kappa shape index (κ1) is 17.6. The summed E-state index contributed by atoms with van der Waals surface area (Å²) in [5, 5.41) is 21.1. The largest absolute Gasteiger partial charge is 0.294 e. The molecule has 1 saturated carbocycles. The zero-order chi connectivity index (χ0) is 19.7. The van der Waals surface area contributed by atoms with E-state index in [1.165, 1.54) is 12.1 Å². The Hall–Kier alpha value is -3.78. The number of ketones is 1. The smallest absolute Gasteiger partial charge is 0.269 e. The van der Waals surface area contributed by atoms with Gasteiger partial charge in [0, 0.05) is 23.6 Å². The van der Waals surface area contributed by atoms with Crippen molar-refractivity contribution in [2.45, 2.75) is 11.3 Å². The molecule has 0 bridgehead atoms. The fraction of sp³-hybridized carbons (Fsp3) is 0.130. The molecule has 0 N–H and O–H groups in total. The molecule has 0 amide bonds. The van der Waals surface area contributed by atoms with Crippen LogP contribution in [0.3, 0.4) is 0 Å². The van der Waals surface area contributed by atoms with Crippen LogP contribution in [0.2, 0.25) is 0 Å². The summed E-state index contributed by atoms with van der Waals surface area (Å²) in [4.78, 5) is 23.8. The lowest BCUT2D eigenvalue weighted by Gasteiger charge is -2.10. The summed E-state index contributed by atoms with van der Waals surface area (Å²) < 4.78 is 0. The number of rotatable bonds is 5. The Morgan fingerprint density at radius 1 is 0.929 bits per heavy atom. The Morgan fingerprint density at radius 3 is 2.04 bits per heavy atom. The molecule has 0 saturated heterocycles. The topological polar surface area (TPSA) is 84.0 Å². The zero-order valence-corrected chi connectivity index (χ0v) is 14.9. The first-order valence-electron chi connectivity index (χ1n) is 8.90. The van der Waals surface area contributed by atoms with Gasteiger partial charge in [0.15, 0.2) is 5.78 Å². The van der Waals surface area contributed by atoms with Gasteiger partial charge in [-0.05, 0) is 11.1 Å². The first-order chi connectivity index (χ1) is 13.6. The number of carbonyl (C=O) groups is 1. The van der Waals surface area contributed by atoms with Crippen molar-refractivity contribution < 1.29 is 9.72 Å². The monoisotopic (exact) mass is 368 g/mol. The van der Waals surface area contributed by atoms with Crippen LogP contribution < -0.4 is 0 Å². The minimum atomic E-state index is -1.04. The highest BCUT2D eigenvalue weighted by Gasteiger charge is 2.70. The van der Waals surface area contributed by atoms with E-state index in [-0.39, 0.29) is 17.4 Å². The van der Waals surface area contributed by atoms with E-state index in [4.69, 9.17) is 0 Å². The van der Waals surface area contributed by atoms with E-state index in [2.05, 4.69) is 6.07 Å². The molecule has 0 radical (unpaired) electrons. The van der Waals surface area contributed by atoms with Crippen LogP contribution in [0.5, 0.6) is 0 Å². The average molecular weight is 368 g/mol. The molecular formula is C23H16N2O3. The van der Waals surface area contributed by atoms with Crippen molar-refractivity contribution in [2.24, 2.45) is 5.92 Å². The van der Waals surface area contributed by atoms with Crippen LogP contribution in [0.25, 0.3) is 0 Å². The van der Waals surface area contributed by atoms with Gasteiger partial charge in [-0.25, -0.2) is 0 Å². The highest BCUT2D eigenvalue weighted by atomic mass is 16.6. The van der Waals surface area contributed by atoms with E-state index in [0.29, 0.717) is 11.1 Å². The normalized spacial score (nSPS) is 22.8. The third-order valence-electron chi connectivity index (χ3n) is 5.45. The number of non-ortho nitro benzene ring substituents is 1. The number of nitro groups is 1. The molecule has 28 heavy (non-hydrogen) atoms. The van der Waals surface area contributed by atoms with E-state index in [1.54, 1.807) is 36.4 Å². The van der Waals surface area contributed by atoms with Gasteiger partial charge in [-0.1, -0.05) is 72.8 Å². The predicted molar refractivity (Wildman–Crippen MR) is 104 cm³/mol. The molecule has 0 heterocycles. The molecule has 1 fully saturated rings. The maximum atomic E-state index is 13.3. The minimum absolute atomic E-state index is 0.0420. The summed E-state index contributed by atoms with van der Waals surface area (Å²) in [5.74, 6) is -0.925. The molecule has 4 rings (SSSR count). The predicted octanol–water partition coefficient (Wildman–Crippen LogP) is 4.65. The van der Waals surface area contributed by atoms with Gasteiger partial charge in [-0.3, -0.25) is 14.9 Å². The molecule has 5 nitrogen and oxygen atoms in total. The van der Waals surface area contributed by atoms with Crippen LogP contribution in [0.4, 0.5) is 5.69 Å². The van der Waals surface area contributed by atoms with E-state index in [9.17, 15) is 20.2 Å². The summed E-state index contributed by atoms with van der Waals surface area (Å²) in [5.41, 5.74) is 1.02. The molecule has 5 heteroatoms. The molecule has 0 aromatic heterocycles. The van der Waals surface area contributed by atoms with Gasteiger partial charge in [0.05, 0.1) is 16.9 Å². The second kappa shape index (κ2) is 6.75. The van der Waals surface area contributed by atoms with Gasteiger partial charge in [-0.15, -0.1) is 0 Å². The summed E-state index contributed by atoms with van der Waals surface area (Å²) in [6.07, 6.45) is 0. The third-order valence-corrected chi connectivity index (χ3v) is 5.45. The van der Waals surface area contributed by atoms with Crippen LogP contribution in [-0.4, -0.2) is 10.7 Å². The van der Waals surface area contributed by atoms with Crippen LogP contribution in [0.1, 0.15) is 27.4 Å². The van der Waals surface area contributed by atoms with Gasteiger partial charge in [0.25, 0.3) is 5.69 Å². The molecule has 3 aromatic carbocycles. The van der Waals surface area contributed by atoms with E-state index in [1.807, 2.05) is 36.4 Å². The second-order valence-electron chi connectivity index (χ2n) is 6.88. The van der Waals surface area contributed by atoms with E-state index in [0.717, 1.165) is 5.56 Å². The number of hydrogen-bond acceptors (Lipinski definition) is 4. The van der Waals surface area contributed by atoms with Crippen molar-refractivity contribution in [3.63, 3.8) is 0 Å². The Kier molecular flexibility index (Phi) is 4.25. The fourth-order valence-electron chi connectivity index (χ4n) is 4.07. The highest BCUT2D eigenvalue weighted by molar-refractivity contribution is 6.03. The lowest BCUT2D eigenvalue weighted by atomic mass is 9.90. The Morgan fingerprint density at radius 2 is 1.50 bits per heavy atom. The van der Waals surface area contributed by atoms with Gasteiger partial charge in [-0.2, -0.15) is 5.26 Å². The van der Waals surface area contributed by atoms with Crippen LogP contribution in [0.15, 0.2) is 84.9 Å². The Bertz CT molecular complexity index is 1070.